The highest BCUT2D eigenvalue weighted by atomic mass is 16.1. The van der Waals surface area contributed by atoms with E-state index in [-0.39, 0.29) is 5.43 Å². The third-order valence-electron chi connectivity index (χ3n) is 1.50. The molecule has 0 fully saturated rings. The van der Waals surface area contributed by atoms with Gasteiger partial charge >= 0.3 is 0 Å². The second-order valence-electron chi connectivity index (χ2n) is 2.50. The predicted octanol–water partition coefficient (Wildman–Crippen LogP) is 1.80. The molecule has 0 N–H and O–H groups in total. The van der Waals surface area contributed by atoms with Crippen molar-refractivity contribution in [3.8, 4) is 0 Å². The first kappa shape index (κ1) is 7.99. The first-order valence-electron chi connectivity index (χ1n) is 3.84. The molecule has 1 rings (SSSR count). The first-order chi connectivity index (χ1) is 5.33. The van der Waals surface area contributed by atoms with Gasteiger partial charge in [-0.15, -0.1) is 0 Å². The minimum absolute atomic E-state index is 0.0487. The van der Waals surface area contributed by atoms with Crippen molar-refractivity contribution in [2.24, 2.45) is 0 Å². The van der Waals surface area contributed by atoms with Crippen molar-refractivity contribution in [1.82, 2.24) is 0 Å². The van der Waals surface area contributed by atoms with Gasteiger partial charge in [-0.3, -0.25) is 4.79 Å². The Hall–Kier alpha value is -1.11. The number of hydrogen-bond donors (Lipinski definition) is 0. The molecule has 0 aromatic heterocycles. The van der Waals surface area contributed by atoms with Crippen molar-refractivity contribution in [3.05, 3.63) is 46.1 Å². The van der Waals surface area contributed by atoms with Crippen LogP contribution in [0.25, 0.3) is 0 Å². The van der Waals surface area contributed by atoms with Crippen LogP contribution < -0.4 is 5.43 Å². The second kappa shape index (κ2) is 3.91. The van der Waals surface area contributed by atoms with Crippen LogP contribution >= 0.6 is 0 Å². The largest absolute Gasteiger partial charge is 0.289 e. The number of rotatable bonds is 2. The molecule has 11 heavy (non-hydrogen) atoms. The molecule has 0 atom stereocenters. The SMILES string of the molecule is CCCc1c[c]c(=O)ccc1. The zero-order valence-electron chi connectivity index (χ0n) is 6.63. The van der Waals surface area contributed by atoms with Gasteiger partial charge in [-0.1, -0.05) is 25.5 Å². The molecule has 1 heteroatoms. The molecule has 0 aliphatic carbocycles. The Balaban J connectivity index is 2.96. The van der Waals surface area contributed by atoms with Crippen molar-refractivity contribution in [2.45, 2.75) is 19.8 Å². The molecule has 1 aromatic carbocycles. The lowest BCUT2D eigenvalue weighted by Gasteiger charge is -1.89. The van der Waals surface area contributed by atoms with Crippen molar-refractivity contribution in [2.75, 3.05) is 0 Å². The average molecular weight is 147 g/mol. The van der Waals surface area contributed by atoms with Gasteiger partial charge in [0, 0.05) is 6.07 Å². The molecule has 0 bridgehead atoms. The van der Waals surface area contributed by atoms with Gasteiger partial charge < -0.3 is 0 Å². The Morgan fingerprint density at radius 3 is 3.00 bits per heavy atom. The molecule has 0 amide bonds. The second-order valence-corrected chi connectivity index (χ2v) is 2.50. The quantitative estimate of drug-likeness (QED) is 0.623. The van der Waals surface area contributed by atoms with E-state index in [2.05, 4.69) is 13.0 Å². The van der Waals surface area contributed by atoms with Crippen molar-refractivity contribution < 1.29 is 0 Å². The molecule has 0 spiro atoms. The highest BCUT2D eigenvalue weighted by Gasteiger charge is 1.86. The predicted molar refractivity (Wildman–Crippen MR) is 45.5 cm³/mol. The summed E-state index contributed by atoms with van der Waals surface area (Å²) in [6.07, 6.45) is 2.12. The van der Waals surface area contributed by atoms with Crippen LogP contribution in [0.4, 0.5) is 0 Å². The fourth-order valence-electron chi connectivity index (χ4n) is 0.963. The van der Waals surface area contributed by atoms with Crippen LogP contribution in [-0.2, 0) is 6.42 Å². The molecule has 0 saturated carbocycles. The maximum absolute atomic E-state index is 10.8. The van der Waals surface area contributed by atoms with E-state index in [0.717, 1.165) is 12.8 Å². The smallest absolute Gasteiger partial charge is 0.186 e. The van der Waals surface area contributed by atoms with E-state index in [9.17, 15) is 4.79 Å². The van der Waals surface area contributed by atoms with Crippen LogP contribution in [0.3, 0.4) is 0 Å². The van der Waals surface area contributed by atoms with Crippen LogP contribution in [0.5, 0.6) is 0 Å². The summed E-state index contributed by atoms with van der Waals surface area (Å²) in [6.45, 7) is 2.12. The Labute approximate surface area is 66.7 Å². The summed E-state index contributed by atoms with van der Waals surface area (Å²) in [5.41, 5.74) is 1.13. The molecule has 1 aromatic rings. The summed E-state index contributed by atoms with van der Waals surface area (Å²) < 4.78 is 0. The van der Waals surface area contributed by atoms with Gasteiger partial charge in [-0.25, -0.2) is 0 Å². The standard InChI is InChI=1S/C10H11O/c1-2-4-9-5-3-6-10(11)8-7-9/h3,5-7H,2,4H2,1H3. The van der Waals surface area contributed by atoms with E-state index in [1.54, 1.807) is 12.1 Å². The molecule has 0 heterocycles. The Morgan fingerprint density at radius 1 is 1.45 bits per heavy atom. The highest BCUT2D eigenvalue weighted by Crippen LogP contribution is 1.97. The summed E-state index contributed by atoms with van der Waals surface area (Å²) in [6, 6.07) is 9.70. The monoisotopic (exact) mass is 147 g/mol. The average Bonchev–Trinajstić information content (AvgIpc) is 2.17. The molecule has 1 radical (unpaired) electrons. The van der Waals surface area contributed by atoms with Crippen molar-refractivity contribution in [1.29, 1.82) is 0 Å². The topological polar surface area (TPSA) is 17.1 Å². The summed E-state index contributed by atoms with van der Waals surface area (Å²) in [4.78, 5) is 10.8. The molecule has 0 unspecified atom stereocenters. The summed E-state index contributed by atoms with van der Waals surface area (Å²) in [5.74, 6) is 0. The van der Waals surface area contributed by atoms with Gasteiger partial charge in [-0.05, 0) is 24.1 Å². The van der Waals surface area contributed by atoms with Crippen LogP contribution in [-0.4, -0.2) is 0 Å². The van der Waals surface area contributed by atoms with E-state index in [1.807, 2.05) is 6.07 Å². The van der Waals surface area contributed by atoms with Gasteiger partial charge in [0.25, 0.3) is 0 Å². The molecule has 0 aliphatic rings. The number of hydrogen-bond acceptors (Lipinski definition) is 1. The minimum atomic E-state index is -0.0487. The number of aryl methyl sites for hydroxylation is 1. The fourth-order valence-corrected chi connectivity index (χ4v) is 0.963. The molecule has 1 nitrogen and oxygen atoms in total. The summed E-state index contributed by atoms with van der Waals surface area (Å²) in [7, 11) is 0. The van der Waals surface area contributed by atoms with Gasteiger partial charge in [0.15, 0.2) is 5.43 Å². The van der Waals surface area contributed by atoms with E-state index in [4.69, 9.17) is 0 Å². The Bertz CT molecular complexity index is 278. The zero-order chi connectivity index (χ0) is 8.10. The van der Waals surface area contributed by atoms with Gasteiger partial charge in [0.05, 0.1) is 0 Å². The van der Waals surface area contributed by atoms with Crippen LogP contribution in [0.1, 0.15) is 18.9 Å². The van der Waals surface area contributed by atoms with E-state index >= 15 is 0 Å². The highest BCUT2D eigenvalue weighted by molar-refractivity contribution is 5.12. The lowest BCUT2D eigenvalue weighted by Crippen LogP contribution is -1.89. The van der Waals surface area contributed by atoms with Crippen LogP contribution in [0.15, 0.2) is 29.1 Å². The van der Waals surface area contributed by atoms with E-state index in [1.165, 1.54) is 11.6 Å². The molecule has 57 valence electrons. The third-order valence-corrected chi connectivity index (χ3v) is 1.50. The lowest BCUT2D eigenvalue weighted by molar-refractivity contribution is 0.923. The van der Waals surface area contributed by atoms with Gasteiger partial charge in [0.2, 0.25) is 0 Å². The van der Waals surface area contributed by atoms with Crippen LogP contribution in [0.2, 0.25) is 0 Å². The molecular formula is C10H11O. The fraction of sp³-hybridized carbons (Fsp3) is 0.300. The molecule has 0 saturated heterocycles. The minimum Gasteiger partial charge on any atom is -0.289 e. The van der Waals surface area contributed by atoms with Gasteiger partial charge in [0.1, 0.15) is 0 Å². The van der Waals surface area contributed by atoms with E-state index in [0.29, 0.717) is 0 Å². The maximum atomic E-state index is 10.8. The Morgan fingerprint density at radius 2 is 2.27 bits per heavy atom. The van der Waals surface area contributed by atoms with Crippen molar-refractivity contribution in [3.63, 3.8) is 0 Å². The Kier molecular flexibility index (Phi) is 2.84. The lowest BCUT2D eigenvalue weighted by atomic mass is 10.2. The third kappa shape index (κ3) is 2.54. The maximum Gasteiger partial charge on any atom is 0.186 e. The van der Waals surface area contributed by atoms with Gasteiger partial charge in [-0.2, -0.15) is 0 Å². The van der Waals surface area contributed by atoms with E-state index < -0.39 is 0 Å². The van der Waals surface area contributed by atoms with Crippen LogP contribution in [0, 0.1) is 6.07 Å². The first-order valence-corrected chi connectivity index (χ1v) is 3.84. The summed E-state index contributed by atoms with van der Waals surface area (Å²) >= 11 is 0. The normalized spacial score (nSPS) is 9.55. The van der Waals surface area contributed by atoms with Crippen molar-refractivity contribution >= 4 is 0 Å². The summed E-state index contributed by atoms with van der Waals surface area (Å²) in [5, 5.41) is 0. The molecular weight excluding hydrogens is 136 g/mol. The zero-order valence-corrected chi connectivity index (χ0v) is 6.63. The molecule has 0 aliphatic heterocycles.